The molecule has 1 heterocycles. The van der Waals surface area contributed by atoms with Gasteiger partial charge in [0.1, 0.15) is 0 Å². The summed E-state index contributed by atoms with van der Waals surface area (Å²) in [5.41, 5.74) is 0. The van der Waals surface area contributed by atoms with Gasteiger partial charge in [-0.15, -0.1) is 0 Å². The van der Waals surface area contributed by atoms with Crippen molar-refractivity contribution in [2.24, 2.45) is 0 Å². The van der Waals surface area contributed by atoms with Crippen molar-refractivity contribution < 1.29 is 13.9 Å². The van der Waals surface area contributed by atoms with Gasteiger partial charge in [-0.2, -0.15) is 0 Å². The molecule has 0 aliphatic heterocycles. The fourth-order valence-electron chi connectivity index (χ4n) is 1.02. The van der Waals surface area contributed by atoms with Gasteiger partial charge in [0.25, 0.3) is 0 Å². The molecule has 0 aliphatic carbocycles. The van der Waals surface area contributed by atoms with Crippen LogP contribution in [-0.2, 0) is 4.74 Å². The number of furan rings is 1. The van der Waals surface area contributed by atoms with E-state index in [4.69, 9.17) is 9.15 Å². The molecule has 0 radical (unpaired) electrons. The number of ketones is 1. The Kier molecular flexibility index (Phi) is 4.90. The molecule has 4 heteroatoms. The molecule has 0 aliphatic rings. The van der Waals surface area contributed by atoms with Crippen LogP contribution in [0.1, 0.15) is 30.3 Å². The second-order valence-corrected chi connectivity index (χ2v) is 3.74. The van der Waals surface area contributed by atoms with Crippen molar-refractivity contribution in [1.82, 2.24) is 0 Å². The van der Waals surface area contributed by atoms with Gasteiger partial charge in [0.15, 0.2) is 5.76 Å². The molecular formula is C10H13BrO3. The largest absolute Gasteiger partial charge is 0.460 e. The highest BCUT2D eigenvalue weighted by Gasteiger charge is 2.12. The third kappa shape index (κ3) is 3.27. The van der Waals surface area contributed by atoms with Crippen LogP contribution in [0.3, 0.4) is 0 Å². The van der Waals surface area contributed by atoms with Crippen LogP contribution in [-0.4, -0.2) is 19.0 Å². The standard InChI is InChI=1S/C10H13BrO3/c1-2-5-13-6-4-9(12)10-8(11)3-7-14-10/h3,7H,2,4-6H2,1H3. The van der Waals surface area contributed by atoms with Crippen LogP contribution < -0.4 is 0 Å². The third-order valence-corrected chi connectivity index (χ3v) is 2.32. The normalized spacial score (nSPS) is 10.4. The molecule has 1 rings (SSSR count). The van der Waals surface area contributed by atoms with E-state index in [1.54, 1.807) is 6.07 Å². The van der Waals surface area contributed by atoms with Crippen LogP contribution in [0, 0.1) is 0 Å². The van der Waals surface area contributed by atoms with Crippen LogP contribution in [0.2, 0.25) is 0 Å². The minimum Gasteiger partial charge on any atom is -0.460 e. The van der Waals surface area contributed by atoms with E-state index in [1.807, 2.05) is 6.92 Å². The summed E-state index contributed by atoms with van der Waals surface area (Å²) < 4.78 is 11.0. The van der Waals surface area contributed by atoms with E-state index in [-0.39, 0.29) is 5.78 Å². The van der Waals surface area contributed by atoms with E-state index < -0.39 is 0 Å². The summed E-state index contributed by atoms with van der Waals surface area (Å²) in [7, 11) is 0. The summed E-state index contributed by atoms with van der Waals surface area (Å²) in [6.45, 7) is 3.19. The van der Waals surface area contributed by atoms with E-state index in [9.17, 15) is 4.79 Å². The first-order valence-electron chi connectivity index (χ1n) is 4.59. The van der Waals surface area contributed by atoms with Gasteiger partial charge in [-0.3, -0.25) is 4.79 Å². The van der Waals surface area contributed by atoms with E-state index in [2.05, 4.69) is 15.9 Å². The molecule has 0 saturated carbocycles. The van der Waals surface area contributed by atoms with Gasteiger partial charge < -0.3 is 9.15 Å². The summed E-state index contributed by atoms with van der Waals surface area (Å²) in [4.78, 5) is 11.5. The van der Waals surface area contributed by atoms with E-state index >= 15 is 0 Å². The molecule has 0 spiro atoms. The fraction of sp³-hybridized carbons (Fsp3) is 0.500. The molecular weight excluding hydrogens is 248 g/mol. The van der Waals surface area contributed by atoms with Gasteiger partial charge in [-0.05, 0) is 28.4 Å². The predicted molar refractivity (Wildman–Crippen MR) is 56.5 cm³/mol. The number of halogens is 1. The Morgan fingerprint density at radius 1 is 1.57 bits per heavy atom. The van der Waals surface area contributed by atoms with Crippen LogP contribution in [0.25, 0.3) is 0 Å². The molecule has 0 fully saturated rings. The average molecular weight is 261 g/mol. The van der Waals surface area contributed by atoms with Crippen molar-refractivity contribution in [3.05, 3.63) is 22.6 Å². The molecule has 0 atom stereocenters. The minimum absolute atomic E-state index is 0.0296. The zero-order valence-corrected chi connectivity index (χ0v) is 9.67. The summed E-state index contributed by atoms with van der Waals surface area (Å²) >= 11 is 3.23. The van der Waals surface area contributed by atoms with Gasteiger partial charge in [-0.1, -0.05) is 6.92 Å². The molecule has 14 heavy (non-hydrogen) atoms. The maximum absolute atomic E-state index is 11.5. The van der Waals surface area contributed by atoms with Crippen LogP contribution in [0.5, 0.6) is 0 Å². The molecule has 1 aromatic rings. The number of hydrogen-bond donors (Lipinski definition) is 0. The number of carbonyl (C=O) groups excluding carboxylic acids is 1. The quantitative estimate of drug-likeness (QED) is 0.583. The lowest BCUT2D eigenvalue weighted by Crippen LogP contribution is -2.04. The molecule has 0 N–H and O–H groups in total. The maximum Gasteiger partial charge on any atom is 0.201 e. The Balaban J connectivity index is 2.32. The molecule has 0 saturated heterocycles. The van der Waals surface area contributed by atoms with E-state index in [1.165, 1.54) is 6.26 Å². The highest BCUT2D eigenvalue weighted by atomic mass is 79.9. The van der Waals surface area contributed by atoms with Crippen molar-refractivity contribution >= 4 is 21.7 Å². The predicted octanol–water partition coefficient (Wildman–Crippen LogP) is 3.04. The fourth-order valence-corrected chi connectivity index (χ4v) is 1.44. The van der Waals surface area contributed by atoms with Crippen molar-refractivity contribution in [2.75, 3.05) is 13.2 Å². The molecule has 0 unspecified atom stereocenters. The number of Topliss-reactive ketones (excluding diaryl/α,β-unsaturated/α-hetero) is 1. The highest BCUT2D eigenvalue weighted by molar-refractivity contribution is 9.10. The summed E-state index contributed by atoms with van der Waals surface area (Å²) in [5.74, 6) is 0.350. The number of hydrogen-bond acceptors (Lipinski definition) is 3. The number of rotatable bonds is 6. The van der Waals surface area contributed by atoms with Gasteiger partial charge in [0.05, 0.1) is 17.3 Å². The van der Waals surface area contributed by atoms with Crippen LogP contribution >= 0.6 is 15.9 Å². The van der Waals surface area contributed by atoms with Gasteiger partial charge in [0.2, 0.25) is 5.78 Å². The van der Waals surface area contributed by atoms with E-state index in [0.717, 1.165) is 6.42 Å². The molecule has 0 bridgehead atoms. The SMILES string of the molecule is CCCOCCC(=O)c1occc1Br. The Morgan fingerprint density at radius 2 is 2.36 bits per heavy atom. The van der Waals surface area contributed by atoms with Gasteiger partial charge in [-0.25, -0.2) is 0 Å². The summed E-state index contributed by atoms with van der Waals surface area (Å²) in [5, 5.41) is 0. The third-order valence-electron chi connectivity index (χ3n) is 1.69. The Bertz CT molecular complexity index is 293. The van der Waals surface area contributed by atoms with Gasteiger partial charge >= 0.3 is 0 Å². The van der Waals surface area contributed by atoms with E-state index in [0.29, 0.717) is 29.9 Å². The smallest absolute Gasteiger partial charge is 0.201 e. The maximum atomic E-state index is 11.5. The molecule has 0 aromatic carbocycles. The molecule has 1 aromatic heterocycles. The zero-order chi connectivity index (χ0) is 10.4. The van der Waals surface area contributed by atoms with Crippen molar-refractivity contribution in [2.45, 2.75) is 19.8 Å². The average Bonchev–Trinajstić information content (AvgIpc) is 2.59. The Labute approximate surface area is 91.6 Å². The highest BCUT2D eigenvalue weighted by Crippen LogP contribution is 2.18. The Morgan fingerprint density at radius 3 is 2.93 bits per heavy atom. The lowest BCUT2D eigenvalue weighted by Gasteiger charge is -2.00. The van der Waals surface area contributed by atoms with Crippen molar-refractivity contribution in [1.29, 1.82) is 0 Å². The second-order valence-electron chi connectivity index (χ2n) is 2.88. The first-order valence-corrected chi connectivity index (χ1v) is 5.39. The topological polar surface area (TPSA) is 39.4 Å². The summed E-state index contributed by atoms with van der Waals surface area (Å²) in [6, 6.07) is 1.71. The van der Waals surface area contributed by atoms with Crippen molar-refractivity contribution in [3.63, 3.8) is 0 Å². The monoisotopic (exact) mass is 260 g/mol. The lowest BCUT2D eigenvalue weighted by molar-refractivity contribution is 0.0853. The first-order chi connectivity index (χ1) is 6.75. The molecule has 3 nitrogen and oxygen atoms in total. The number of ether oxygens (including phenoxy) is 1. The van der Waals surface area contributed by atoms with Gasteiger partial charge in [0, 0.05) is 13.0 Å². The summed E-state index contributed by atoms with van der Waals surface area (Å²) in [6.07, 6.45) is 2.83. The first kappa shape index (κ1) is 11.5. The lowest BCUT2D eigenvalue weighted by atomic mass is 10.2. The van der Waals surface area contributed by atoms with Crippen molar-refractivity contribution in [3.8, 4) is 0 Å². The van der Waals surface area contributed by atoms with Crippen LogP contribution in [0.15, 0.2) is 21.2 Å². The number of carbonyl (C=O) groups is 1. The molecule has 78 valence electrons. The van der Waals surface area contributed by atoms with Crippen LogP contribution in [0.4, 0.5) is 0 Å². The molecule has 0 amide bonds. The second kappa shape index (κ2) is 5.98. The minimum atomic E-state index is -0.0296. The zero-order valence-electron chi connectivity index (χ0n) is 8.09. The Hall–Kier alpha value is -0.610.